The Morgan fingerprint density at radius 2 is 1.20 bits per heavy atom. The van der Waals surface area contributed by atoms with Crippen molar-refractivity contribution in [3.8, 4) is 17.2 Å². The molecule has 2 unspecified atom stereocenters. The van der Waals surface area contributed by atoms with E-state index in [1.807, 2.05) is 0 Å². The van der Waals surface area contributed by atoms with Crippen LogP contribution in [0.4, 0.5) is 11.4 Å². The van der Waals surface area contributed by atoms with Gasteiger partial charge in [0, 0.05) is 68.2 Å². The van der Waals surface area contributed by atoms with Crippen LogP contribution < -0.4 is 14.4 Å². The van der Waals surface area contributed by atoms with Crippen LogP contribution in [0.15, 0.2) is 127 Å². The molecule has 1 aromatic heterocycles. The Morgan fingerprint density at radius 1 is 0.633 bits per heavy atom. The largest absolute Gasteiger partial charge is 0.452 e. The molecule has 49 heavy (non-hydrogen) atoms. The second-order valence-electron chi connectivity index (χ2n) is 15.7. The van der Waals surface area contributed by atoms with Gasteiger partial charge in [-0.2, -0.15) is 0 Å². The second kappa shape index (κ2) is 9.92. The van der Waals surface area contributed by atoms with Crippen molar-refractivity contribution in [1.29, 1.82) is 0 Å². The van der Waals surface area contributed by atoms with E-state index in [4.69, 9.17) is 9.47 Å². The summed E-state index contributed by atoms with van der Waals surface area (Å²) in [5.41, 5.74) is 10.9. The molecule has 0 saturated heterocycles. The Balaban J connectivity index is 1.02. The normalized spacial score (nSPS) is 22.6. The Bertz CT molecular complexity index is 2360. The summed E-state index contributed by atoms with van der Waals surface area (Å²) in [6, 6.07) is 40.0. The molecule has 0 radical (unpaired) electrons. The highest BCUT2D eigenvalue weighted by Gasteiger charge is 2.53. The van der Waals surface area contributed by atoms with Crippen molar-refractivity contribution < 1.29 is 9.47 Å². The van der Waals surface area contributed by atoms with Crippen molar-refractivity contribution in [2.75, 3.05) is 4.90 Å². The van der Waals surface area contributed by atoms with Crippen molar-refractivity contribution in [2.45, 2.75) is 69.6 Å². The van der Waals surface area contributed by atoms with E-state index < -0.39 is 5.79 Å². The van der Waals surface area contributed by atoms with Gasteiger partial charge >= 0.3 is 0 Å². The Labute approximate surface area is 287 Å². The third kappa shape index (κ3) is 4.16. The highest BCUT2D eigenvalue weighted by Crippen LogP contribution is 2.55. The van der Waals surface area contributed by atoms with E-state index in [-0.39, 0.29) is 10.8 Å². The standard InChI is InChI=1S/C45H40N2O2/c1-43(2)27-45(48-41-23-21-29(25-35(41)43)46-37-17-9-5-13-31(37)32-14-6-10-18-38(32)46)28-44(3,4)36-26-30(22-24-42(36)49-45)47-39-19-11-7-15-33(39)34-16-8-12-20-40(34)47/h5-19,21-26,40H,20,27-28H2,1-4H3. The van der Waals surface area contributed by atoms with Crippen molar-refractivity contribution in [2.24, 2.45) is 0 Å². The number of ether oxygens (including phenoxy) is 2. The number of hydrogen-bond donors (Lipinski definition) is 0. The summed E-state index contributed by atoms with van der Waals surface area (Å²) in [6.07, 6.45) is 9.30. The monoisotopic (exact) mass is 640 g/mol. The zero-order valence-electron chi connectivity index (χ0n) is 28.5. The van der Waals surface area contributed by atoms with Gasteiger partial charge in [0.1, 0.15) is 11.5 Å². The summed E-state index contributed by atoms with van der Waals surface area (Å²) in [5, 5.41) is 2.54. The zero-order chi connectivity index (χ0) is 33.1. The number of aromatic nitrogens is 1. The molecule has 2 atom stereocenters. The SMILES string of the molecule is CC1(C)CC2(CC(C)(C)c3cc(-n4c5ccccc5c5ccccc54)ccc3O2)Oc2ccc(N3c4ccccc4C4=CC=CCC43)cc21. The molecule has 0 saturated carbocycles. The molecule has 4 aliphatic rings. The maximum Gasteiger partial charge on any atom is 0.252 e. The Kier molecular flexibility index (Phi) is 5.82. The van der Waals surface area contributed by atoms with E-state index >= 15 is 0 Å². The lowest BCUT2D eigenvalue weighted by atomic mass is 9.69. The van der Waals surface area contributed by atoms with Gasteiger partial charge in [-0.1, -0.05) is 101 Å². The molecule has 5 aromatic carbocycles. The molecular formula is C45H40N2O2. The fourth-order valence-electron chi connectivity index (χ4n) is 9.47. The number of allylic oxidation sites excluding steroid dienone is 2. The van der Waals surface area contributed by atoms with Gasteiger partial charge in [0.15, 0.2) is 0 Å². The fourth-order valence-corrected chi connectivity index (χ4v) is 9.47. The first kappa shape index (κ1) is 28.8. The van der Waals surface area contributed by atoms with Gasteiger partial charge in [0.2, 0.25) is 0 Å². The van der Waals surface area contributed by atoms with E-state index in [1.54, 1.807) is 0 Å². The number of nitrogens with zero attached hydrogens (tertiary/aromatic N) is 2. The first-order chi connectivity index (χ1) is 23.7. The van der Waals surface area contributed by atoms with Gasteiger partial charge in [-0.3, -0.25) is 0 Å². The van der Waals surface area contributed by atoms with E-state index in [0.29, 0.717) is 6.04 Å². The molecule has 4 heterocycles. The molecule has 6 aromatic rings. The van der Waals surface area contributed by atoms with Crippen LogP contribution in [-0.4, -0.2) is 16.4 Å². The predicted molar refractivity (Wildman–Crippen MR) is 201 cm³/mol. The average Bonchev–Trinajstić information content (AvgIpc) is 3.61. The van der Waals surface area contributed by atoms with E-state index in [0.717, 1.165) is 36.4 Å². The van der Waals surface area contributed by atoms with Crippen LogP contribution in [0.3, 0.4) is 0 Å². The summed E-state index contributed by atoms with van der Waals surface area (Å²) < 4.78 is 16.4. The minimum Gasteiger partial charge on any atom is -0.452 e. The summed E-state index contributed by atoms with van der Waals surface area (Å²) in [5.74, 6) is 1.08. The third-order valence-electron chi connectivity index (χ3n) is 11.4. The molecule has 242 valence electrons. The maximum atomic E-state index is 7.03. The lowest BCUT2D eigenvalue weighted by molar-refractivity contribution is -0.166. The number of para-hydroxylation sites is 3. The van der Waals surface area contributed by atoms with Gasteiger partial charge < -0.3 is 18.9 Å². The van der Waals surface area contributed by atoms with Crippen LogP contribution in [0.5, 0.6) is 11.5 Å². The number of anilines is 2. The van der Waals surface area contributed by atoms with E-state index in [1.165, 1.54) is 55.4 Å². The minimum absolute atomic E-state index is 0.162. The third-order valence-corrected chi connectivity index (χ3v) is 11.4. The van der Waals surface area contributed by atoms with Gasteiger partial charge in [-0.25, -0.2) is 0 Å². The van der Waals surface area contributed by atoms with Gasteiger partial charge in [-0.15, -0.1) is 0 Å². The molecule has 0 fully saturated rings. The van der Waals surface area contributed by atoms with E-state index in [2.05, 4.69) is 165 Å². The van der Waals surface area contributed by atoms with Crippen LogP contribution >= 0.6 is 0 Å². The van der Waals surface area contributed by atoms with Crippen LogP contribution in [0.25, 0.3) is 33.1 Å². The average molecular weight is 641 g/mol. The molecule has 0 amide bonds. The molecule has 10 rings (SSSR count). The molecule has 1 spiro atoms. The van der Waals surface area contributed by atoms with E-state index in [9.17, 15) is 0 Å². The van der Waals surface area contributed by atoms with Crippen molar-refractivity contribution >= 4 is 38.8 Å². The highest BCUT2D eigenvalue weighted by atomic mass is 16.7. The number of fused-ring (bicyclic) bond motifs is 8. The minimum atomic E-state index is -0.757. The van der Waals surface area contributed by atoms with Crippen molar-refractivity contribution in [3.05, 3.63) is 144 Å². The van der Waals surface area contributed by atoms with Gasteiger partial charge in [0.25, 0.3) is 5.79 Å². The van der Waals surface area contributed by atoms with Crippen LogP contribution in [0, 0.1) is 0 Å². The van der Waals surface area contributed by atoms with Gasteiger partial charge in [-0.05, 0) is 66.6 Å². The summed E-state index contributed by atoms with van der Waals surface area (Å²) >= 11 is 0. The molecule has 0 N–H and O–H groups in total. The molecule has 4 nitrogen and oxygen atoms in total. The summed E-state index contributed by atoms with van der Waals surface area (Å²) in [6.45, 7) is 9.39. The van der Waals surface area contributed by atoms with Crippen molar-refractivity contribution in [1.82, 2.24) is 4.57 Å². The lowest BCUT2D eigenvalue weighted by Crippen LogP contribution is -2.55. The topological polar surface area (TPSA) is 26.6 Å². The number of benzene rings is 5. The fraction of sp³-hybridized carbons (Fsp3) is 0.244. The van der Waals surface area contributed by atoms with Crippen molar-refractivity contribution in [3.63, 3.8) is 0 Å². The summed E-state index contributed by atoms with van der Waals surface area (Å²) in [4.78, 5) is 2.52. The summed E-state index contributed by atoms with van der Waals surface area (Å²) in [7, 11) is 0. The number of rotatable bonds is 2. The second-order valence-corrected chi connectivity index (χ2v) is 15.7. The Hall–Kier alpha value is -5.22. The van der Waals surface area contributed by atoms with Gasteiger partial charge in [0.05, 0.1) is 17.1 Å². The molecule has 1 aliphatic carbocycles. The lowest BCUT2D eigenvalue weighted by Gasteiger charge is -2.51. The van der Waals surface area contributed by atoms with Crippen LogP contribution in [-0.2, 0) is 10.8 Å². The molecule has 4 heteroatoms. The van der Waals surface area contributed by atoms with Crippen LogP contribution in [0.2, 0.25) is 0 Å². The number of hydrogen-bond acceptors (Lipinski definition) is 3. The molecular weight excluding hydrogens is 601 g/mol. The molecule has 3 aliphatic heterocycles. The first-order valence-corrected chi connectivity index (χ1v) is 17.6. The quantitative estimate of drug-likeness (QED) is 0.188. The molecule has 0 bridgehead atoms. The first-order valence-electron chi connectivity index (χ1n) is 17.6. The zero-order valence-corrected chi connectivity index (χ0v) is 28.5. The maximum absolute atomic E-state index is 7.03. The smallest absolute Gasteiger partial charge is 0.252 e. The highest BCUT2D eigenvalue weighted by molar-refractivity contribution is 6.09. The predicted octanol–water partition coefficient (Wildman–Crippen LogP) is 11.2. The Morgan fingerprint density at radius 3 is 1.88 bits per heavy atom. The van der Waals surface area contributed by atoms with Crippen LogP contribution in [0.1, 0.15) is 63.6 Å².